The van der Waals surface area contributed by atoms with Crippen molar-refractivity contribution in [3.05, 3.63) is 99.7 Å². The molecule has 2 aromatic carbocycles. The molecule has 32 heavy (non-hydrogen) atoms. The van der Waals surface area contributed by atoms with E-state index in [2.05, 4.69) is 21.4 Å². The van der Waals surface area contributed by atoms with Gasteiger partial charge in [0.05, 0.1) is 17.0 Å². The number of aliphatic imine (C=N–C) groups is 1. The largest absolute Gasteiger partial charge is 0.457 e. The van der Waals surface area contributed by atoms with Crippen LogP contribution in [0.25, 0.3) is 10.9 Å². The zero-order chi connectivity index (χ0) is 21.8. The van der Waals surface area contributed by atoms with Gasteiger partial charge < -0.3 is 10.1 Å². The van der Waals surface area contributed by atoms with Crippen LogP contribution >= 0.6 is 23.1 Å². The Balaban J connectivity index is 1.33. The van der Waals surface area contributed by atoms with Crippen LogP contribution in [0.3, 0.4) is 0 Å². The third-order valence-electron chi connectivity index (χ3n) is 4.87. The van der Waals surface area contributed by atoms with Crippen molar-refractivity contribution < 1.29 is 9.53 Å². The van der Waals surface area contributed by atoms with Crippen molar-refractivity contribution in [2.24, 2.45) is 4.99 Å². The van der Waals surface area contributed by atoms with Crippen molar-refractivity contribution >= 4 is 45.1 Å². The number of thiophene rings is 1. The number of allylic oxidation sites excluding steroid dienone is 1. The Hall–Kier alpha value is -3.42. The number of carbonyl (C=O) groups is 1. The molecule has 0 atom stereocenters. The molecular formula is C25H19N3O2S2. The fourth-order valence-corrected chi connectivity index (χ4v) is 4.72. The van der Waals surface area contributed by atoms with Gasteiger partial charge in [-0.25, -0.2) is 0 Å². The van der Waals surface area contributed by atoms with E-state index in [9.17, 15) is 4.79 Å². The van der Waals surface area contributed by atoms with E-state index in [4.69, 9.17) is 4.74 Å². The maximum Gasteiger partial charge on any atom is 0.263 e. The Morgan fingerprint density at radius 2 is 1.97 bits per heavy atom. The van der Waals surface area contributed by atoms with Crippen molar-refractivity contribution in [3.63, 3.8) is 0 Å². The van der Waals surface area contributed by atoms with Gasteiger partial charge in [0.2, 0.25) is 0 Å². The number of benzene rings is 2. The van der Waals surface area contributed by atoms with E-state index < -0.39 is 0 Å². The summed E-state index contributed by atoms with van der Waals surface area (Å²) in [7, 11) is 0. The van der Waals surface area contributed by atoms with Crippen molar-refractivity contribution in [3.8, 4) is 11.5 Å². The molecule has 0 spiro atoms. The van der Waals surface area contributed by atoms with Crippen LogP contribution in [0.4, 0.5) is 0 Å². The molecule has 2 aromatic heterocycles. The molecule has 4 aromatic rings. The molecule has 0 radical (unpaired) electrons. The van der Waals surface area contributed by atoms with Crippen LogP contribution in [-0.2, 0) is 17.8 Å². The molecule has 1 aliphatic rings. The predicted octanol–water partition coefficient (Wildman–Crippen LogP) is 5.93. The van der Waals surface area contributed by atoms with Gasteiger partial charge in [-0.15, -0.1) is 11.3 Å². The molecule has 0 aliphatic carbocycles. The number of pyridine rings is 1. The average molecular weight is 458 g/mol. The summed E-state index contributed by atoms with van der Waals surface area (Å²) in [4.78, 5) is 23.1. The number of nitrogens with zero attached hydrogens (tertiary/aromatic N) is 2. The second-order valence-corrected chi connectivity index (χ2v) is 9.17. The zero-order valence-electron chi connectivity index (χ0n) is 17.0. The van der Waals surface area contributed by atoms with Gasteiger partial charge in [-0.2, -0.15) is 0 Å². The van der Waals surface area contributed by atoms with E-state index in [0.717, 1.165) is 28.0 Å². The minimum absolute atomic E-state index is 0.101. The lowest BCUT2D eigenvalue weighted by Crippen LogP contribution is -2.19. The molecule has 158 valence electrons. The Kier molecular flexibility index (Phi) is 6.00. The zero-order valence-corrected chi connectivity index (χ0v) is 18.7. The molecule has 0 bridgehead atoms. The number of hydrogen-bond acceptors (Lipinski definition) is 6. The number of para-hydroxylation sites is 1. The first-order chi connectivity index (χ1) is 15.7. The molecule has 7 heteroatoms. The smallest absolute Gasteiger partial charge is 0.263 e. The summed E-state index contributed by atoms with van der Waals surface area (Å²) in [5.41, 5.74) is 1.94. The minimum atomic E-state index is -0.101. The van der Waals surface area contributed by atoms with Gasteiger partial charge in [-0.3, -0.25) is 14.8 Å². The van der Waals surface area contributed by atoms with E-state index in [1.165, 1.54) is 16.6 Å². The van der Waals surface area contributed by atoms with Gasteiger partial charge in [0, 0.05) is 16.5 Å². The highest BCUT2D eigenvalue weighted by Crippen LogP contribution is 2.30. The normalized spacial score (nSPS) is 16.1. The first-order valence-electron chi connectivity index (χ1n) is 10.1. The number of amides is 1. The van der Waals surface area contributed by atoms with Gasteiger partial charge in [-0.05, 0) is 65.5 Å². The van der Waals surface area contributed by atoms with Gasteiger partial charge in [0.25, 0.3) is 5.91 Å². The van der Waals surface area contributed by atoms with E-state index in [1.807, 2.05) is 72.1 Å². The summed E-state index contributed by atoms with van der Waals surface area (Å²) in [6, 6.07) is 21.7. The van der Waals surface area contributed by atoms with Crippen molar-refractivity contribution in [1.29, 1.82) is 0 Å². The number of fused-ring (bicyclic) bond motifs is 1. The first-order valence-corrected chi connectivity index (χ1v) is 11.8. The van der Waals surface area contributed by atoms with Gasteiger partial charge in [0.1, 0.15) is 11.5 Å². The summed E-state index contributed by atoms with van der Waals surface area (Å²) in [5.74, 6) is 1.43. The third kappa shape index (κ3) is 4.74. The van der Waals surface area contributed by atoms with Crippen LogP contribution in [0, 0.1) is 0 Å². The average Bonchev–Trinajstić information content (AvgIpc) is 3.47. The van der Waals surface area contributed by atoms with Crippen LogP contribution < -0.4 is 10.1 Å². The van der Waals surface area contributed by atoms with E-state index in [0.29, 0.717) is 23.0 Å². The second-order valence-electron chi connectivity index (χ2n) is 7.11. The monoisotopic (exact) mass is 457 g/mol. The minimum Gasteiger partial charge on any atom is -0.457 e. The number of rotatable bonds is 6. The fourth-order valence-electron chi connectivity index (χ4n) is 3.30. The molecular weight excluding hydrogens is 438 g/mol. The lowest BCUT2D eigenvalue weighted by atomic mass is 10.1. The van der Waals surface area contributed by atoms with Gasteiger partial charge in [0.15, 0.2) is 5.17 Å². The first kappa shape index (κ1) is 20.5. The summed E-state index contributed by atoms with van der Waals surface area (Å²) in [6.07, 6.45) is 4.32. The van der Waals surface area contributed by atoms with E-state index in [1.54, 1.807) is 17.5 Å². The van der Waals surface area contributed by atoms with Crippen molar-refractivity contribution in [2.45, 2.75) is 13.0 Å². The van der Waals surface area contributed by atoms with Crippen LogP contribution in [0.5, 0.6) is 11.5 Å². The highest BCUT2D eigenvalue weighted by molar-refractivity contribution is 8.18. The summed E-state index contributed by atoms with van der Waals surface area (Å²) >= 11 is 3.05. The standard InChI is InChI=1S/C25H19N3O2S2/c29-24-23(32-25(28-24)27-16-19-7-4-14-31-19)11-9-17-8-10-21-20(15-17)22(12-13-26-21)30-18-5-2-1-3-6-18/h1-8,10-15H,9,16H2,(H,27,28,29)/b23-11-. The number of hydrogen-bond donors (Lipinski definition) is 1. The van der Waals surface area contributed by atoms with E-state index in [-0.39, 0.29) is 5.91 Å². The molecule has 1 saturated heterocycles. The molecule has 3 heterocycles. The number of aromatic nitrogens is 1. The molecule has 0 unspecified atom stereocenters. The Bertz CT molecular complexity index is 1320. The number of thioether (sulfide) groups is 1. The highest BCUT2D eigenvalue weighted by atomic mass is 32.2. The summed E-state index contributed by atoms with van der Waals surface area (Å²) in [6.45, 7) is 0.579. The number of ether oxygens (including phenoxy) is 1. The quantitative estimate of drug-likeness (QED) is 0.364. The summed E-state index contributed by atoms with van der Waals surface area (Å²) < 4.78 is 6.07. The van der Waals surface area contributed by atoms with Crippen LogP contribution in [-0.4, -0.2) is 16.1 Å². The van der Waals surface area contributed by atoms with Crippen LogP contribution in [0.2, 0.25) is 0 Å². The Labute approximate surface area is 193 Å². The van der Waals surface area contributed by atoms with Crippen LogP contribution in [0.1, 0.15) is 10.4 Å². The third-order valence-corrected chi connectivity index (χ3v) is 6.73. The van der Waals surface area contributed by atoms with Crippen molar-refractivity contribution in [1.82, 2.24) is 10.3 Å². The molecule has 1 amide bonds. The maximum absolute atomic E-state index is 12.3. The molecule has 0 saturated carbocycles. The van der Waals surface area contributed by atoms with E-state index >= 15 is 0 Å². The highest BCUT2D eigenvalue weighted by Gasteiger charge is 2.23. The number of nitrogens with one attached hydrogen (secondary N) is 1. The summed E-state index contributed by atoms with van der Waals surface area (Å²) in [5, 5.41) is 6.46. The topological polar surface area (TPSA) is 63.6 Å². The maximum atomic E-state index is 12.3. The SMILES string of the molecule is O=C1NC(=NCc2cccs2)S/C1=C\Cc1ccc2nccc(Oc3ccccc3)c2c1. The predicted molar refractivity (Wildman–Crippen MR) is 131 cm³/mol. The molecule has 1 aliphatic heterocycles. The molecule has 5 rings (SSSR count). The van der Waals surface area contributed by atoms with Gasteiger partial charge in [-0.1, -0.05) is 36.4 Å². The Morgan fingerprint density at radius 1 is 1.06 bits per heavy atom. The van der Waals surface area contributed by atoms with Crippen molar-refractivity contribution in [2.75, 3.05) is 0 Å². The Morgan fingerprint density at radius 3 is 2.81 bits per heavy atom. The lowest BCUT2D eigenvalue weighted by Gasteiger charge is -2.09. The lowest BCUT2D eigenvalue weighted by molar-refractivity contribution is -0.115. The van der Waals surface area contributed by atoms with Crippen LogP contribution in [0.15, 0.2) is 94.3 Å². The second kappa shape index (κ2) is 9.38. The van der Waals surface area contributed by atoms with Gasteiger partial charge >= 0.3 is 0 Å². The number of amidine groups is 1. The molecule has 5 nitrogen and oxygen atoms in total. The molecule has 1 fully saturated rings. The molecule has 1 N–H and O–H groups in total. The number of carbonyl (C=O) groups excluding carboxylic acids is 1. The fraction of sp³-hybridized carbons (Fsp3) is 0.0800.